The number of benzene rings is 1. The first-order chi connectivity index (χ1) is 16.9. The molecule has 0 radical (unpaired) electrons. The molecule has 0 saturated heterocycles. The number of aliphatic carboxylic acids is 1. The normalized spacial score (nSPS) is 11.8. The molecule has 0 saturated carbocycles. The molecule has 2 aromatic rings. The molecule has 0 spiro atoms. The Morgan fingerprint density at radius 1 is 1.22 bits per heavy atom. The average molecular weight is 525 g/mol. The second kappa shape index (κ2) is 11.9. The van der Waals surface area contributed by atoms with Crippen molar-refractivity contribution in [3.8, 4) is 11.5 Å². The number of guanidine groups is 1. The van der Waals surface area contributed by atoms with Gasteiger partial charge in [-0.2, -0.15) is 0 Å². The molecule has 1 aromatic heterocycles. The number of carbonyl (C=O) groups is 2. The summed E-state index contributed by atoms with van der Waals surface area (Å²) in [6.45, 7) is 1.26. The van der Waals surface area contributed by atoms with Gasteiger partial charge in [0.1, 0.15) is 11.7 Å². The summed E-state index contributed by atoms with van der Waals surface area (Å²) in [7, 11) is -1.69. The van der Waals surface area contributed by atoms with E-state index < -0.39 is 39.2 Å². The van der Waals surface area contributed by atoms with Crippen LogP contribution in [0.25, 0.3) is 0 Å². The number of carbonyl (C=O) groups excluding carboxylic acids is 1. The van der Waals surface area contributed by atoms with Gasteiger partial charge in [-0.15, -0.1) is 0 Å². The minimum absolute atomic E-state index is 0.0795. The number of aromatic nitrogens is 1. The SMILES string of the molecule is COc1ccc(S(=O)(=O)Nc2c(N(C(C)=O)[C@@H](CCCNC(=N)N)C(=O)O)cc[nH]c2=O)cc1OC. The predicted molar refractivity (Wildman–Crippen MR) is 131 cm³/mol. The van der Waals surface area contributed by atoms with E-state index in [1.165, 1.54) is 38.5 Å². The molecule has 0 bridgehead atoms. The van der Waals surface area contributed by atoms with Gasteiger partial charge in [-0.25, -0.2) is 13.2 Å². The average Bonchev–Trinajstić information content (AvgIpc) is 2.81. The topological polar surface area (TPSA) is 217 Å². The molecule has 15 heteroatoms. The van der Waals surface area contributed by atoms with Crippen LogP contribution in [-0.4, -0.2) is 63.2 Å². The zero-order chi connectivity index (χ0) is 27.0. The van der Waals surface area contributed by atoms with Crippen molar-refractivity contribution in [2.45, 2.75) is 30.7 Å². The molecule has 1 heterocycles. The lowest BCUT2D eigenvalue weighted by atomic mass is 10.1. The zero-order valence-electron chi connectivity index (χ0n) is 19.8. The summed E-state index contributed by atoms with van der Waals surface area (Å²) in [5.74, 6) is -2.01. The van der Waals surface area contributed by atoms with Crippen molar-refractivity contribution >= 4 is 39.2 Å². The highest BCUT2D eigenvalue weighted by molar-refractivity contribution is 7.92. The number of hydrogen-bond acceptors (Lipinski definition) is 8. The smallest absolute Gasteiger partial charge is 0.326 e. The molecular weight excluding hydrogens is 496 g/mol. The molecule has 0 aliphatic rings. The maximum Gasteiger partial charge on any atom is 0.326 e. The van der Waals surface area contributed by atoms with Crippen LogP contribution in [0.5, 0.6) is 11.5 Å². The van der Waals surface area contributed by atoms with Crippen LogP contribution in [0.4, 0.5) is 11.4 Å². The van der Waals surface area contributed by atoms with Gasteiger partial charge < -0.3 is 30.6 Å². The molecule has 1 amide bonds. The molecule has 14 nitrogen and oxygen atoms in total. The van der Waals surface area contributed by atoms with Crippen molar-refractivity contribution in [2.24, 2.45) is 5.73 Å². The predicted octanol–water partition coefficient (Wildman–Crippen LogP) is 0.262. The molecule has 0 aliphatic carbocycles. The van der Waals surface area contributed by atoms with Gasteiger partial charge in [0.05, 0.1) is 24.8 Å². The third-order valence-electron chi connectivity index (χ3n) is 5.01. The Hall–Kier alpha value is -4.27. The molecular formula is C21H28N6O8S. The van der Waals surface area contributed by atoms with Gasteiger partial charge >= 0.3 is 5.97 Å². The van der Waals surface area contributed by atoms with Gasteiger partial charge in [0, 0.05) is 25.7 Å². The number of nitrogens with one attached hydrogen (secondary N) is 4. The molecule has 0 unspecified atom stereocenters. The van der Waals surface area contributed by atoms with Crippen molar-refractivity contribution in [1.82, 2.24) is 10.3 Å². The number of rotatable bonds is 12. The fraction of sp³-hybridized carbons (Fsp3) is 0.333. The number of sulfonamides is 1. The Morgan fingerprint density at radius 2 is 1.89 bits per heavy atom. The minimum atomic E-state index is -4.39. The first kappa shape index (κ1) is 28.0. The van der Waals surface area contributed by atoms with Crippen LogP contribution >= 0.6 is 0 Å². The number of H-pyrrole nitrogens is 1. The highest BCUT2D eigenvalue weighted by atomic mass is 32.2. The van der Waals surface area contributed by atoms with Crippen LogP contribution in [0.15, 0.2) is 40.2 Å². The minimum Gasteiger partial charge on any atom is -0.493 e. The van der Waals surface area contributed by atoms with Crippen molar-refractivity contribution in [3.63, 3.8) is 0 Å². The second-order valence-electron chi connectivity index (χ2n) is 7.42. The molecule has 0 aliphatic heterocycles. The maximum atomic E-state index is 13.1. The van der Waals surface area contributed by atoms with Gasteiger partial charge in [0.15, 0.2) is 17.5 Å². The summed E-state index contributed by atoms with van der Waals surface area (Å²) in [6.07, 6.45) is 1.29. The molecule has 2 rings (SSSR count). The summed E-state index contributed by atoms with van der Waals surface area (Å²) in [5.41, 5.74) is 3.53. The Bertz CT molecular complexity index is 1290. The van der Waals surface area contributed by atoms with E-state index in [1.54, 1.807) is 0 Å². The molecule has 1 aromatic carbocycles. The van der Waals surface area contributed by atoms with Crippen LogP contribution in [0, 0.1) is 5.41 Å². The first-order valence-electron chi connectivity index (χ1n) is 10.5. The van der Waals surface area contributed by atoms with Gasteiger partial charge in [-0.3, -0.25) is 24.6 Å². The maximum absolute atomic E-state index is 13.1. The quantitative estimate of drug-likeness (QED) is 0.126. The summed E-state index contributed by atoms with van der Waals surface area (Å²) in [4.78, 5) is 40.2. The molecule has 7 N–H and O–H groups in total. The fourth-order valence-electron chi connectivity index (χ4n) is 3.38. The number of carboxylic acids is 1. The Balaban J connectivity index is 2.51. The fourth-order valence-corrected chi connectivity index (χ4v) is 4.48. The van der Waals surface area contributed by atoms with Crippen LogP contribution in [0.3, 0.4) is 0 Å². The number of amides is 1. The van der Waals surface area contributed by atoms with E-state index in [2.05, 4.69) is 15.0 Å². The highest BCUT2D eigenvalue weighted by Crippen LogP contribution is 2.32. The van der Waals surface area contributed by atoms with E-state index in [0.717, 1.165) is 18.0 Å². The van der Waals surface area contributed by atoms with E-state index >= 15 is 0 Å². The van der Waals surface area contributed by atoms with Crippen LogP contribution in [0.2, 0.25) is 0 Å². The van der Waals surface area contributed by atoms with Crippen LogP contribution in [-0.2, 0) is 19.6 Å². The van der Waals surface area contributed by atoms with Crippen LogP contribution < -0.4 is 35.7 Å². The lowest BCUT2D eigenvalue weighted by Crippen LogP contribution is -2.46. The van der Waals surface area contributed by atoms with Gasteiger partial charge in [0.25, 0.3) is 15.6 Å². The van der Waals surface area contributed by atoms with Gasteiger partial charge in [-0.05, 0) is 31.0 Å². The Kier molecular flexibility index (Phi) is 9.26. The number of aromatic amines is 1. The van der Waals surface area contributed by atoms with Crippen LogP contribution in [0.1, 0.15) is 19.8 Å². The number of carboxylic acid groups (broad SMARTS) is 1. The van der Waals surface area contributed by atoms with Crippen molar-refractivity contribution in [2.75, 3.05) is 30.4 Å². The van der Waals surface area contributed by atoms with Crippen molar-refractivity contribution < 1.29 is 32.6 Å². The van der Waals surface area contributed by atoms with Gasteiger partial charge in [0.2, 0.25) is 5.91 Å². The van der Waals surface area contributed by atoms with E-state index in [9.17, 15) is 27.9 Å². The lowest BCUT2D eigenvalue weighted by molar-refractivity contribution is -0.140. The van der Waals surface area contributed by atoms with Gasteiger partial charge in [-0.1, -0.05) is 0 Å². The highest BCUT2D eigenvalue weighted by Gasteiger charge is 2.32. The van der Waals surface area contributed by atoms with Crippen molar-refractivity contribution in [1.29, 1.82) is 5.41 Å². The number of pyridine rings is 1. The molecule has 0 fully saturated rings. The number of ether oxygens (including phenoxy) is 2. The van der Waals surface area contributed by atoms with E-state index in [1.807, 2.05) is 0 Å². The molecule has 196 valence electrons. The Labute approximate surface area is 207 Å². The molecule has 1 atom stereocenters. The second-order valence-corrected chi connectivity index (χ2v) is 9.10. The third-order valence-corrected chi connectivity index (χ3v) is 6.35. The largest absolute Gasteiger partial charge is 0.493 e. The third kappa shape index (κ3) is 6.65. The number of nitrogens with zero attached hydrogens (tertiary/aromatic N) is 1. The standard InChI is InChI=1S/C21H28N6O8S/c1-12(28)27(15(20(30)31)5-4-9-25-21(22)23)14-8-10-24-19(29)18(14)26-36(32,33)13-6-7-16(34-2)17(11-13)35-3/h6-8,10-11,15,26H,4-5,9H2,1-3H3,(H,24,29)(H,30,31)(H4,22,23,25)/t15-/m0/s1. The number of methoxy groups -OCH3 is 2. The molecule has 36 heavy (non-hydrogen) atoms. The number of hydrogen-bond donors (Lipinski definition) is 6. The van der Waals surface area contributed by atoms with Crippen molar-refractivity contribution in [3.05, 3.63) is 40.8 Å². The summed E-state index contributed by atoms with van der Waals surface area (Å²) >= 11 is 0. The Morgan fingerprint density at radius 3 is 2.44 bits per heavy atom. The van der Waals surface area contributed by atoms with E-state index in [4.69, 9.17) is 20.6 Å². The summed E-state index contributed by atoms with van der Waals surface area (Å²) in [6, 6.07) is 3.55. The number of anilines is 2. The number of nitrogens with two attached hydrogens (primary N) is 1. The van der Waals surface area contributed by atoms with E-state index in [-0.39, 0.29) is 47.4 Å². The first-order valence-corrected chi connectivity index (χ1v) is 12.0. The van der Waals surface area contributed by atoms with E-state index in [0.29, 0.717) is 0 Å². The summed E-state index contributed by atoms with van der Waals surface area (Å²) < 4.78 is 38.6. The summed E-state index contributed by atoms with van der Waals surface area (Å²) in [5, 5.41) is 19.5. The lowest BCUT2D eigenvalue weighted by Gasteiger charge is -2.29. The zero-order valence-corrected chi connectivity index (χ0v) is 20.6. The monoisotopic (exact) mass is 524 g/mol.